The molecule has 21 heavy (non-hydrogen) atoms. The van der Waals surface area contributed by atoms with Gasteiger partial charge in [-0.15, -0.1) is 0 Å². The summed E-state index contributed by atoms with van der Waals surface area (Å²) in [6, 6.07) is 8.52. The Morgan fingerprint density at radius 1 is 1.33 bits per heavy atom. The van der Waals surface area contributed by atoms with Crippen molar-refractivity contribution in [2.45, 2.75) is 36.7 Å². The maximum absolute atomic E-state index is 12.5. The smallest absolute Gasteiger partial charge is 0.242 e. The fraction of sp³-hybridized carbons (Fsp3) is 0.533. The number of hydrogen-bond donors (Lipinski definition) is 0. The quantitative estimate of drug-likeness (QED) is 0.833. The summed E-state index contributed by atoms with van der Waals surface area (Å²) >= 11 is 0. The Morgan fingerprint density at radius 2 is 2.05 bits per heavy atom. The Hall–Kier alpha value is -1.42. The molecule has 1 aromatic rings. The first kappa shape index (κ1) is 16.0. The van der Waals surface area contributed by atoms with Gasteiger partial charge in [-0.2, -0.15) is 9.57 Å². The number of hydrogen-bond acceptors (Lipinski definition) is 4. The molecule has 0 spiro atoms. The number of rotatable bonds is 5. The number of benzene rings is 1. The maximum atomic E-state index is 12.5. The molecule has 0 amide bonds. The molecule has 1 aromatic carbocycles. The van der Waals surface area contributed by atoms with E-state index in [1.807, 2.05) is 6.07 Å². The van der Waals surface area contributed by atoms with Crippen molar-refractivity contribution in [3.63, 3.8) is 0 Å². The molecule has 0 aromatic heterocycles. The van der Waals surface area contributed by atoms with Crippen LogP contribution >= 0.6 is 0 Å². The SMILES string of the molecule is CN(CC1CCCCO1)S(=O)(=O)c1ccc(CC#N)cc1. The van der Waals surface area contributed by atoms with Crippen LogP contribution in [0.3, 0.4) is 0 Å². The van der Waals surface area contributed by atoms with Crippen molar-refractivity contribution >= 4 is 10.0 Å². The Morgan fingerprint density at radius 3 is 2.62 bits per heavy atom. The highest BCUT2D eigenvalue weighted by Gasteiger charge is 2.25. The third-order valence-corrected chi connectivity index (χ3v) is 5.49. The van der Waals surface area contributed by atoms with E-state index in [0.29, 0.717) is 13.2 Å². The molecule has 0 saturated carbocycles. The first-order valence-electron chi connectivity index (χ1n) is 7.08. The summed E-state index contributed by atoms with van der Waals surface area (Å²) < 4.78 is 31.9. The summed E-state index contributed by atoms with van der Waals surface area (Å²) in [6.07, 6.45) is 3.30. The molecule has 1 aliphatic heterocycles. The zero-order valence-electron chi connectivity index (χ0n) is 12.2. The molecule has 2 rings (SSSR count). The van der Waals surface area contributed by atoms with Crippen molar-refractivity contribution < 1.29 is 13.2 Å². The lowest BCUT2D eigenvalue weighted by atomic mass is 10.1. The Labute approximate surface area is 126 Å². The van der Waals surface area contributed by atoms with Gasteiger partial charge in [0.05, 0.1) is 23.5 Å². The molecule has 0 bridgehead atoms. The predicted molar refractivity (Wildman–Crippen MR) is 79.2 cm³/mol. The van der Waals surface area contributed by atoms with E-state index in [9.17, 15) is 8.42 Å². The lowest BCUT2D eigenvalue weighted by Crippen LogP contribution is -2.37. The van der Waals surface area contributed by atoms with E-state index < -0.39 is 10.0 Å². The van der Waals surface area contributed by atoms with E-state index in [2.05, 4.69) is 0 Å². The summed E-state index contributed by atoms with van der Waals surface area (Å²) in [6.45, 7) is 1.09. The monoisotopic (exact) mass is 308 g/mol. The number of sulfonamides is 1. The fourth-order valence-corrected chi connectivity index (χ4v) is 3.59. The van der Waals surface area contributed by atoms with Crippen LogP contribution in [0.5, 0.6) is 0 Å². The minimum atomic E-state index is -3.50. The first-order chi connectivity index (χ1) is 10.0. The first-order valence-corrected chi connectivity index (χ1v) is 8.52. The van der Waals surface area contributed by atoms with Crippen molar-refractivity contribution in [2.24, 2.45) is 0 Å². The Kier molecular flexibility index (Phi) is 5.34. The van der Waals surface area contributed by atoms with E-state index >= 15 is 0 Å². The van der Waals surface area contributed by atoms with Crippen molar-refractivity contribution in [1.29, 1.82) is 5.26 Å². The zero-order valence-corrected chi connectivity index (χ0v) is 13.0. The number of nitrogens with zero attached hydrogens (tertiary/aromatic N) is 2. The van der Waals surface area contributed by atoms with E-state index in [-0.39, 0.29) is 17.4 Å². The van der Waals surface area contributed by atoms with E-state index in [4.69, 9.17) is 10.00 Å². The third kappa shape index (κ3) is 4.03. The van der Waals surface area contributed by atoms with Gasteiger partial charge in [-0.1, -0.05) is 12.1 Å². The molecule has 1 fully saturated rings. The minimum Gasteiger partial charge on any atom is -0.377 e. The number of likely N-dealkylation sites (N-methyl/N-ethyl adjacent to an activating group) is 1. The Bertz CT molecular complexity index is 599. The highest BCUT2D eigenvalue weighted by molar-refractivity contribution is 7.89. The van der Waals surface area contributed by atoms with Crippen LogP contribution in [0, 0.1) is 11.3 Å². The molecule has 5 nitrogen and oxygen atoms in total. The summed E-state index contributed by atoms with van der Waals surface area (Å²) in [7, 11) is -1.92. The van der Waals surface area contributed by atoms with E-state index in [0.717, 1.165) is 24.8 Å². The average molecular weight is 308 g/mol. The average Bonchev–Trinajstić information content (AvgIpc) is 2.49. The van der Waals surface area contributed by atoms with Gasteiger partial charge in [-0.3, -0.25) is 0 Å². The van der Waals surface area contributed by atoms with Gasteiger partial charge in [0.2, 0.25) is 10.0 Å². The molecule has 1 unspecified atom stereocenters. The van der Waals surface area contributed by atoms with E-state index in [1.165, 1.54) is 4.31 Å². The van der Waals surface area contributed by atoms with Gasteiger partial charge in [0.1, 0.15) is 0 Å². The van der Waals surface area contributed by atoms with Gasteiger partial charge in [0.15, 0.2) is 0 Å². The van der Waals surface area contributed by atoms with Gasteiger partial charge < -0.3 is 4.74 Å². The van der Waals surface area contributed by atoms with Gasteiger partial charge in [0, 0.05) is 20.2 Å². The van der Waals surface area contributed by atoms with E-state index in [1.54, 1.807) is 31.3 Å². The molecule has 1 saturated heterocycles. The second-order valence-corrected chi connectivity index (χ2v) is 7.30. The van der Waals surface area contributed by atoms with Crippen molar-refractivity contribution in [3.8, 4) is 6.07 Å². The summed E-state index contributed by atoms with van der Waals surface area (Å²) in [4.78, 5) is 0.252. The third-order valence-electron chi connectivity index (χ3n) is 3.65. The van der Waals surface area contributed by atoms with Crippen LogP contribution < -0.4 is 0 Å². The van der Waals surface area contributed by atoms with Gasteiger partial charge in [-0.05, 0) is 37.0 Å². The molecule has 0 N–H and O–H groups in total. The van der Waals surface area contributed by atoms with Gasteiger partial charge in [-0.25, -0.2) is 8.42 Å². The molecular formula is C15H20N2O3S. The zero-order chi connectivity index (χ0) is 15.3. The van der Waals surface area contributed by atoms with Crippen LogP contribution in [0.15, 0.2) is 29.2 Å². The Balaban J connectivity index is 2.07. The van der Waals surface area contributed by atoms with Crippen molar-refractivity contribution in [3.05, 3.63) is 29.8 Å². The highest BCUT2D eigenvalue weighted by atomic mass is 32.2. The highest BCUT2D eigenvalue weighted by Crippen LogP contribution is 2.19. The fourth-order valence-electron chi connectivity index (χ4n) is 2.39. The van der Waals surface area contributed by atoms with Crippen LogP contribution in [-0.4, -0.2) is 39.0 Å². The molecule has 1 heterocycles. The molecule has 114 valence electrons. The number of ether oxygens (including phenoxy) is 1. The molecule has 0 radical (unpaired) electrons. The summed E-state index contributed by atoms with van der Waals surface area (Å²) in [5, 5.41) is 8.63. The lowest BCUT2D eigenvalue weighted by molar-refractivity contribution is 0.00858. The predicted octanol–water partition coefficient (Wildman–Crippen LogP) is 1.94. The van der Waals surface area contributed by atoms with Crippen LogP contribution in [0.2, 0.25) is 0 Å². The van der Waals surface area contributed by atoms with Gasteiger partial charge in [0.25, 0.3) is 0 Å². The molecule has 1 aliphatic rings. The van der Waals surface area contributed by atoms with Crippen molar-refractivity contribution in [1.82, 2.24) is 4.31 Å². The standard InChI is InChI=1S/C15H20N2O3S/c1-17(12-14-4-2-3-11-20-14)21(18,19)15-7-5-13(6-8-15)9-10-16/h5-8,14H,2-4,9,11-12H2,1H3. The largest absolute Gasteiger partial charge is 0.377 e. The topological polar surface area (TPSA) is 70.4 Å². The summed E-state index contributed by atoms with van der Waals surface area (Å²) in [5.74, 6) is 0. The maximum Gasteiger partial charge on any atom is 0.242 e. The van der Waals surface area contributed by atoms with Gasteiger partial charge >= 0.3 is 0 Å². The number of nitriles is 1. The second-order valence-electron chi connectivity index (χ2n) is 5.25. The van der Waals surface area contributed by atoms with Crippen LogP contribution in [-0.2, 0) is 21.2 Å². The van der Waals surface area contributed by atoms with Crippen LogP contribution in [0.4, 0.5) is 0 Å². The normalized spacial score (nSPS) is 19.4. The lowest BCUT2D eigenvalue weighted by Gasteiger charge is -2.27. The summed E-state index contributed by atoms with van der Waals surface area (Å²) in [5.41, 5.74) is 0.815. The molecule has 1 atom stereocenters. The second kappa shape index (κ2) is 7.03. The van der Waals surface area contributed by atoms with Crippen molar-refractivity contribution in [2.75, 3.05) is 20.2 Å². The van der Waals surface area contributed by atoms with Crippen LogP contribution in [0.1, 0.15) is 24.8 Å². The minimum absolute atomic E-state index is 0.0172. The van der Waals surface area contributed by atoms with Crippen LogP contribution in [0.25, 0.3) is 0 Å². The molecular weight excluding hydrogens is 288 g/mol. The molecule has 0 aliphatic carbocycles. The molecule has 6 heteroatoms.